The third-order valence-electron chi connectivity index (χ3n) is 3.94. The smallest absolute Gasteiger partial charge is 0.0541 e. The molecule has 0 aromatic heterocycles. The van der Waals surface area contributed by atoms with Crippen LogP contribution in [0.3, 0.4) is 0 Å². The topological polar surface area (TPSA) is 23.5 Å². The van der Waals surface area contributed by atoms with Crippen LogP contribution in [0.4, 0.5) is 0 Å². The van der Waals surface area contributed by atoms with Gasteiger partial charge in [0.25, 0.3) is 0 Å². The van der Waals surface area contributed by atoms with Gasteiger partial charge in [-0.3, -0.25) is 4.90 Å². The van der Waals surface area contributed by atoms with Crippen LogP contribution in [-0.2, 0) is 6.54 Å². The molecule has 1 aliphatic heterocycles. The average Bonchev–Trinajstić information content (AvgIpc) is 2.34. The normalized spacial score (nSPS) is 20.0. The van der Waals surface area contributed by atoms with Gasteiger partial charge in [-0.25, -0.2) is 0 Å². The highest BCUT2D eigenvalue weighted by Crippen LogP contribution is 2.23. The maximum Gasteiger partial charge on any atom is 0.0541 e. The third kappa shape index (κ3) is 3.56. The Kier molecular flexibility index (Phi) is 4.82. The molecule has 1 heterocycles. The molecular weight excluding hydrogens is 290 g/mol. The summed E-state index contributed by atoms with van der Waals surface area (Å²) in [5.41, 5.74) is 2.68. The van der Waals surface area contributed by atoms with Gasteiger partial charge in [-0.1, -0.05) is 28.1 Å². The van der Waals surface area contributed by atoms with Gasteiger partial charge in [0.05, 0.1) is 6.10 Å². The van der Waals surface area contributed by atoms with Crippen molar-refractivity contribution in [3.8, 4) is 0 Å². The van der Waals surface area contributed by atoms with Gasteiger partial charge in [-0.2, -0.15) is 0 Å². The standard InChI is InChI=1S/C15H22BrNO/c1-11-9-13(3-4-15(11)16)10-17-7-5-14(6-8-17)12(2)18/h3-4,9,12,14,18H,5-8,10H2,1-2H3. The Morgan fingerprint density at radius 3 is 2.61 bits per heavy atom. The molecule has 1 unspecified atom stereocenters. The molecule has 0 spiro atoms. The highest BCUT2D eigenvalue weighted by Gasteiger charge is 2.22. The Hall–Kier alpha value is -0.380. The van der Waals surface area contributed by atoms with Crippen molar-refractivity contribution in [2.45, 2.75) is 39.3 Å². The Balaban J connectivity index is 1.89. The van der Waals surface area contributed by atoms with Crippen LogP contribution in [0.2, 0.25) is 0 Å². The lowest BCUT2D eigenvalue weighted by molar-refractivity contribution is 0.0695. The van der Waals surface area contributed by atoms with E-state index >= 15 is 0 Å². The molecule has 3 heteroatoms. The predicted octanol–water partition coefficient (Wildman–Crippen LogP) is 3.35. The molecule has 1 aromatic rings. The van der Waals surface area contributed by atoms with Crippen molar-refractivity contribution in [2.24, 2.45) is 5.92 Å². The first-order chi connectivity index (χ1) is 8.56. The SMILES string of the molecule is Cc1cc(CN2CCC(C(C)O)CC2)ccc1Br. The lowest BCUT2D eigenvalue weighted by Crippen LogP contribution is -2.36. The molecule has 1 aliphatic rings. The molecule has 0 aliphatic carbocycles. The van der Waals surface area contributed by atoms with E-state index in [1.807, 2.05) is 6.92 Å². The monoisotopic (exact) mass is 311 g/mol. The summed E-state index contributed by atoms with van der Waals surface area (Å²) in [5, 5.41) is 9.60. The number of halogens is 1. The lowest BCUT2D eigenvalue weighted by Gasteiger charge is -2.33. The van der Waals surface area contributed by atoms with Crippen molar-refractivity contribution in [2.75, 3.05) is 13.1 Å². The molecule has 0 saturated carbocycles. The second kappa shape index (κ2) is 6.18. The number of aliphatic hydroxyl groups excluding tert-OH is 1. The van der Waals surface area contributed by atoms with Gasteiger partial charge in [0, 0.05) is 11.0 Å². The number of hydrogen-bond acceptors (Lipinski definition) is 2. The number of piperidine rings is 1. The van der Waals surface area contributed by atoms with Gasteiger partial charge in [-0.05, 0) is 62.9 Å². The Morgan fingerprint density at radius 2 is 2.06 bits per heavy atom. The molecule has 0 bridgehead atoms. The molecule has 0 amide bonds. The zero-order chi connectivity index (χ0) is 13.1. The largest absolute Gasteiger partial charge is 0.393 e. The fourth-order valence-electron chi connectivity index (χ4n) is 2.66. The number of benzene rings is 1. The average molecular weight is 312 g/mol. The molecular formula is C15H22BrNO. The van der Waals surface area contributed by atoms with E-state index in [0.29, 0.717) is 5.92 Å². The minimum Gasteiger partial charge on any atom is -0.393 e. The molecule has 2 rings (SSSR count). The summed E-state index contributed by atoms with van der Waals surface area (Å²) in [5.74, 6) is 0.493. The quantitative estimate of drug-likeness (QED) is 0.925. The molecule has 1 N–H and O–H groups in total. The number of nitrogens with zero attached hydrogens (tertiary/aromatic N) is 1. The number of rotatable bonds is 3. The van der Waals surface area contributed by atoms with E-state index in [0.717, 1.165) is 32.5 Å². The third-order valence-corrected chi connectivity index (χ3v) is 4.83. The molecule has 1 aromatic carbocycles. The maximum atomic E-state index is 9.60. The summed E-state index contributed by atoms with van der Waals surface area (Å²) >= 11 is 3.54. The van der Waals surface area contributed by atoms with Gasteiger partial charge in [0.15, 0.2) is 0 Å². The highest BCUT2D eigenvalue weighted by molar-refractivity contribution is 9.10. The summed E-state index contributed by atoms with van der Waals surface area (Å²) in [6.07, 6.45) is 2.09. The first-order valence-corrected chi connectivity index (χ1v) is 7.51. The molecule has 1 fully saturated rings. The van der Waals surface area contributed by atoms with Crippen molar-refractivity contribution < 1.29 is 5.11 Å². The van der Waals surface area contributed by atoms with Crippen LogP contribution in [0, 0.1) is 12.8 Å². The van der Waals surface area contributed by atoms with Crippen molar-refractivity contribution >= 4 is 15.9 Å². The fraction of sp³-hybridized carbons (Fsp3) is 0.600. The van der Waals surface area contributed by atoms with Gasteiger partial charge in [0.1, 0.15) is 0 Å². The van der Waals surface area contributed by atoms with Crippen molar-refractivity contribution in [1.82, 2.24) is 4.90 Å². The van der Waals surface area contributed by atoms with E-state index in [-0.39, 0.29) is 6.10 Å². The summed E-state index contributed by atoms with van der Waals surface area (Å²) in [6.45, 7) is 7.28. The summed E-state index contributed by atoms with van der Waals surface area (Å²) in [7, 11) is 0. The number of hydrogen-bond donors (Lipinski definition) is 1. The van der Waals surface area contributed by atoms with Gasteiger partial charge < -0.3 is 5.11 Å². The summed E-state index contributed by atoms with van der Waals surface area (Å²) in [4.78, 5) is 2.49. The number of aryl methyl sites for hydroxylation is 1. The second-order valence-corrected chi connectivity index (χ2v) is 6.29. The van der Waals surface area contributed by atoms with Crippen LogP contribution < -0.4 is 0 Å². The summed E-state index contributed by atoms with van der Waals surface area (Å²) in [6, 6.07) is 6.58. The van der Waals surface area contributed by atoms with Crippen LogP contribution in [-0.4, -0.2) is 29.2 Å². The zero-order valence-electron chi connectivity index (χ0n) is 11.2. The minimum absolute atomic E-state index is 0.151. The van der Waals surface area contributed by atoms with Gasteiger partial charge in [0.2, 0.25) is 0 Å². The van der Waals surface area contributed by atoms with Gasteiger partial charge in [-0.15, -0.1) is 0 Å². The molecule has 1 saturated heterocycles. The van der Waals surface area contributed by atoms with E-state index in [1.54, 1.807) is 0 Å². The molecule has 0 radical (unpaired) electrons. The van der Waals surface area contributed by atoms with Crippen LogP contribution in [0.1, 0.15) is 30.9 Å². The first kappa shape index (κ1) is 14.0. The number of aliphatic hydroxyl groups is 1. The Bertz CT molecular complexity index is 397. The van der Waals surface area contributed by atoms with E-state index in [1.165, 1.54) is 15.6 Å². The summed E-state index contributed by atoms with van der Waals surface area (Å²) < 4.78 is 1.18. The molecule has 2 nitrogen and oxygen atoms in total. The predicted molar refractivity (Wildman–Crippen MR) is 78.6 cm³/mol. The van der Waals surface area contributed by atoms with Crippen LogP contribution in [0.5, 0.6) is 0 Å². The Labute approximate surface area is 118 Å². The van der Waals surface area contributed by atoms with Crippen LogP contribution in [0.25, 0.3) is 0 Å². The van der Waals surface area contributed by atoms with E-state index in [4.69, 9.17) is 0 Å². The van der Waals surface area contributed by atoms with Crippen LogP contribution in [0.15, 0.2) is 22.7 Å². The molecule has 100 valence electrons. The maximum absolute atomic E-state index is 9.60. The Morgan fingerprint density at radius 1 is 1.39 bits per heavy atom. The molecule has 18 heavy (non-hydrogen) atoms. The van der Waals surface area contributed by atoms with Crippen molar-refractivity contribution in [1.29, 1.82) is 0 Å². The fourth-order valence-corrected chi connectivity index (χ4v) is 2.90. The first-order valence-electron chi connectivity index (χ1n) is 6.71. The van der Waals surface area contributed by atoms with Crippen molar-refractivity contribution in [3.05, 3.63) is 33.8 Å². The van der Waals surface area contributed by atoms with Crippen molar-refractivity contribution in [3.63, 3.8) is 0 Å². The number of likely N-dealkylation sites (tertiary alicyclic amines) is 1. The second-order valence-electron chi connectivity index (χ2n) is 5.44. The van der Waals surface area contributed by atoms with E-state index in [2.05, 4.69) is 46.0 Å². The van der Waals surface area contributed by atoms with E-state index in [9.17, 15) is 5.11 Å². The minimum atomic E-state index is -0.151. The highest BCUT2D eigenvalue weighted by atomic mass is 79.9. The van der Waals surface area contributed by atoms with Crippen LogP contribution >= 0.6 is 15.9 Å². The van der Waals surface area contributed by atoms with E-state index < -0.39 is 0 Å². The zero-order valence-corrected chi connectivity index (χ0v) is 12.8. The lowest BCUT2D eigenvalue weighted by atomic mass is 9.92. The molecule has 1 atom stereocenters. The van der Waals surface area contributed by atoms with Gasteiger partial charge >= 0.3 is 0 Å².